The molecule has 1 aromatic heterocycles. The minimum atomic E-state index is -0.807. The summed E-state index contributed by atoms with van der Waals surface area (Å²) in [6.45, 7) is 3.94. The summed E-state index contributed by atoms with van der Waals surface area (Å²) in [4.78, 5) is 28.4. The van der Waals surface area contributed by atoms with Gasteiger partial charge in [-0.15, -0.1) is 0 Å². The van der Waals surface area contributed by atoms with E-state index in [1.54, 1.807) is 24.9 Å². The van der Waals surface area contributed by atoms with Crippen LogP contribution in [0.5, 0.6) is 11.5 Å². The number of anilines is 1. The molecular weight excluding hydrogens is 422 g/mol. The maximum absolute atomic E-state index is 12.9. The molecule has 1 unspecified atom stereocenters. The third-order valence-electron chi connectivity index (χ3n) is 5.57. The molecular formula is C24H31N5O4. The van der Waals surface area contributed by atoms with Crippen LogP contribution in [0.4, 0.5) is 11.6 Å². The van der Waals surface area contributed by atoms with E-state index in [2.05, 4.69) is 15.0 Å². The number of H-pyrrole nitrogens is 1. The van der Waals surface area contributed by atoms with Crippen molar-refractivity contribution in [1.82, 2.24) is 14.9 Å². The van der Waals surface area contributed by atoms with Crippen LogP contribution in [0.1, 0.15) is 24.2 Å². The Labute approximate surface area is 193 Å². The quantitative estimate of drug-likeness (QED) is 0.419. The van der Waals surface area contributed by atoms with Gasteiger partial charge in [0.25, 0.3) is 5.56 Å². The summed E-state index contributed by atoms with van der Waals surface area (Å²) in [6, 6.07) is 9.12. The fourth-order valence-electron chi connectivity index (χ4n) is 3.56. The van der Waals surface area contributed by atoms with Gasteiger partial charge in [-0.25, -0.2) is 9.98 Å². The Balaban J connectivity index is 1.90. The van der Waals surface area contributed by atoms with Crippen molar-refractivity contribution in [2.45, 2.75) is 20.0 Å². The first-order valence-electron chi connectivity index (χ1n) is 10.5. The summed E-state index contributed by atoms with van der Waals surface area (Å²) in [6.07, 6.45) is -0.807. The van der Waals surface area contributed by atoms with Crippen LogP contribution in [-0.2, 0) is 0 Å². The lowest BCUT2D eigenvalue weighted by Gasteiger charge is -2.22. The second-order valence-electron chi connectivity index (χ2n) is 8.07. The third-order valence-corrected chi connectivity index (χ3v) is 5.57. The highest BCUT2D eigenvalue weighted by atomic mass is 16.5. The molecule has 0 saturated heterocycles. The Hall–Kier alpha value is -3.59. The number of amidine groups is 1. The lowest BCUT2D eigenvalue weighted by Crippen LogP contribution is -2.28. The van der Waals surface area contributed by atoms with Gasteiger partial charge in [-0.1, -0.05) is 12.1 Å². The molecule has 9 heteroatoms. The van der Waals surface area contributed by atoms with E-state index in [1.807, 2.05) is 50.2 Å². The molecule has 0 aliphatic heterocycles. The van der Waals surface area contributed by atoms with Crippen molar-refractivity contribution < 1.29 is 14.6 Å². The summed E-state index contributed by atoms with van der Waals surface area (Å²) in [5.41, 5.74) is 2.33. The number of benzene rings is 2. The number of aliphatic hydroxyl groups excluding tert-OH is 1. The van der Waals surface area contributed by atoms with Gasteiger partial charge < -0.3 is 24.4 Å². The van der Waals surface area contributed by atoms with E-state index in [0.717, 1.165) is 17.1 Å². The van der Waals surface area contributed by atoms with Crippen LogP contribution < -0.4 is 19.9 Å². The minimum Gasteiger partial charge on any atom is -0.493 e. The minimum absolute atomic E-state index is 0.223. The van der Waals surface area contributed by atoms with E-state index in [9.17, 15) is 9.90 Å². The summed E-state index contributed by atoms with van der Waals surface area (Å²) in [7, 11) is 8.69. The molecule has 0 bridgehead atoms. The standard InChI is InChI=1S/C24H31N5O4/c1-14-21-18(12-20(32-6)22(14)33-7)26-24(27-23(21)31)29(5)13-19(30)16-9-8-10-17(11-16)25-15(2)28(3)4/h8-12,19,30H,13H2,1-7H3,(H,26,27,31). The lowest BCUT2D eigenvalue weighted by atomic mass is 10.1. The molecule has 2 N–H and O–H groups in total. The first-order chi connectivity index (χ1) is 15.7. The molecule has 1 atom stereocenters. The van der Waals surface area contributed by atoms with Gasteiger partial charge in [0, 0.05) is 32.8 Å². The van der Waals surface area contributed by atoms with Gasteiger partial charge in [0.15, 0.2) is 11.5 Å². The molecule has 0 fully saturated rings. The summed E-state index contributed by atoms with van der Waals surface area (Å²) in [5.74, 6) is 2.20. The highest BCUT2D eigenvalue weighted by Gasteiger charge is 2.18. The van der Waals surface area contributed by atoms with Gasteiger partial charge in [0.1, 0.15) is 5.84 Å². The average molecular weight is 454 g/mol. The van der Waals surface area contributed by atoms with Crippen molar-refractivity contribution in [3.63, 3.8) is 0 Å². The van der Waals surface area contributed by atoms with Gasteiger partial charge in [0.05, 0.1) is 43.5 Å². The summed E-state index contributed by atoms with van der Waals surface area (Å²) >= 11 is 0. The molecule has 1 heterocycles. The number of hydrogen-bond acceptors (Lipinski definition) is 7. The number of aliphatic imine (C=N–C) groups is 1. The number of rotatable bonds is 7. The molecule has 0 spiro atoms. The molecule has 33 heavy (non-hydrogen) atoms. The topological polar surface area (TPSA) is 103 Å². The number of aromatic amines is 1. The van der Waals surface area contributed by atoms with E-state index in [0.29, 0.717) is 33.9 Å². The molecule has 0 aliphatic carbocycles. The van der Waals surface area contributed by atoms with Gasteiger partial charge in [-0.3, -0.25) is 9.78 Å². The number of ether oxygens (including phenoxy) is 2. The first-order valence-corrected chi connectivity index (χ1v) is 10.5. The largest absolute Gasteiger partial charge is 0.493 e. The molecule has 0 radical (unpaired) electrons. The predicted molar refractivity (Wildman–Crippen MR) is 131 cm³/mol. The zero-order valence-corrected chi connectivity index (χ0v) is 20.1. The van der Waals surface area contributed by atoms with Gasteiger partial charge in [-0.2, -0.15) is 0 Å². The van der Waals surface area contributed by atoms with Crippen molar-refractivity contribution in [2.75, 3.05) is 46.8 Å². The zero-order valence-electron chi connectivity index (χ0n) is 20.1. The second kappa shape index (κ2) is 9.91. The number of aliphatic hydroxyl groups is 1. The number of fused-ring (bicyclic) bond motifs is 1. The molecule has 0 amide bonds. The maximum atomic E-state index is 12.9. The van der Waals surface area contributed by atoms with Crippen molar-refractivity contribution in [3.8, 4) is 11.5 Å². The van der Waals surface area contributed by atoms with Crippen molar-refractivity contribution in [1.29, 1.82) is 0 Å². The summed E-state index contributed by atoms with van der Waals surface area (Å²) < 4.78 is 10.8. The fraction of sp³-hybridized carbons (Fsp3) is 0.375. The first kappa shape index (κ1) is 24.1. The Morgan fingerprint density at radius 1 is 1.21 bits per heavy atom. The van der Waals surface area contributed by atoms with Crippen molar-refractivity contribution >= 4 is 28.4 Å². The molecule has 0 aliphatic rings. The van der Waals surface area contributed by atoms with Crippen LogP contribution in [0.3, 0.4) is 0 Å². The van der Waals surface area contributed by atoms with Gasteiger partial charge >= 0.3 is 0 Å². The molecule has 2 aromatic carbocycles. The van der Waals surface area contributed by atoms with Crippen molar-refractivity contribution in [2.24, 2.45) is 4.99 Å². The Morgan fingerprint density at radius 2 is 1.94 bits per heavy atom. The number of methoxy groups -OCH3 is 2. The number of hydrogen-bond donors (Lipinski definition) is 2. The molecule has 3 aromatic rings. The monoisotopic (exact) mass is 453 g/mol. The molecule has 3 rings (SSSR count). The normalized spacial score (nSPS) is 12.5. The molecule has 176 valence electrons. The fourth-order valence-corrected chi connectivity index (χ4v) is 3.56. The summed E-state index contributed by atoms with van der Waals surface area (Å²) in [5, 5.41) is 11.3. The number of nitrogens with zero attached hydrogens (tertiary/aromatic N) is 4. The smallest absolute Gasteiger partial charge is 0.260 e. The highest BCUT2D eigenvalue weighted by Crippen LogP contribution is 2.35. The van der Waals surface area contributed by atoms with Gasteiger partial charge in [-0.05, 0) is 31.5 Å². The van der Waals surface area contributed by atoms with Gasteiger partial charge in [0.2, 0.25) is 5.95 Å². The average Bonchev–Trinajstić information content (AvgIpc) is 2.78. The van der Waals surface area contributed by atoms with Crippen LogP contribution in [0.2, 0.25) is 0 Å². The Morgan fingerprint density at radius 3 is 2.58 bits per heavy atom. The second-order valence-corrected chi connectivity index (χ2v) is 8.07. The lowest BCUT2D eigenvalue weighted by molar-refractivity contribution is 0.184. The van der Waals surface area contributed by atoms with E-state index in [-0.39, 0.29) is 12.1 Å². The number of aromatic nitrogens is 2. The van der Waals surface area contributed by atoms with E-state index in [4.69, 9.17) is 9.47 Å². The van der Waals surface area contributed by atoms with E-state index >= 15 is 0 Å². The van der Waals surface area contributed by atoms with Crippen LogP contribution >= 0.6 is 0 Å². The van der Waals surface area contributed by atoms with Crippen molar-refractivity contribution in [3.05, 3.63) is 51.8 Å². The van der Waals surface area contributed by atoms with Crippen LogP contribution in [0.25, 0.3) is 10.9 Å². The third kappa shape index (κ3) is 5.09. The number of likely N-dealkylation sites (N-methyl/N-ethyl adjacent to an activating group) is 1. The predicted octanol–water partition coefficient (Wildman–Crippen LogP) is 3.03. The van der Waals surface area contributed by atoms with E-state index in [1.165, 1.54) is 14.2 Å². The number of aryl methyl sites for hydroxylation is 1. The highest BCUT2D eigenvalue weighted by molar-refractivity contribution is 5.87. The Kier molecular flexibility index (Phi) is 7.23. The molecule has 0 saturated carbocycles. The van der Waals surface area contributed by atoms with E-state index < -0.39 is 6.10 Å². The maximum Gasteiger partial charge on any atom is 0.260 e. The van der Waals surface area contributed by atoms with Crippen LogP contribution in [0, 0.1) is 6.92 Å². The zero-order chi connectivity index (χ0) is 24.3. The number of nitrogens with one attached hydrogen (secondary N) is 1. The molecule has 9 nitrogen and oxygen atoms in total. The van der Waals surface area contributed by atoms with Crippen LogP contribution in [-0.4, -0.2) is 67.7 Å². The SMILES string of the molecule is COc1cc2nc(N(C)CC(O)c3cccc(N=C(C)N(C)C)c3)[nH]c(=O)c2c(C)c1OC. The van der Waals surface area contributed by atoms with Crippen LogP contribution in [0.15, 0.2) is 40.1 Å². The Bertz CT molecular complexity index is 1240.